The summed E-state index contributed by atoms with van der Waals surface area (Å²) in [5, 5.41) is 0. The minimum atomic E-state index is -0.279. The molecule has 0 aliphatic carbocycles. The molecule has 2 aromatic heterocycles. The van der Waals surface area contributed by atoms with Gasteiger partial charge in [-0.15, -0.1) is 11.3 Å². The van der Waals surface area contributed by atoms with E-state index in [4.69, 9.17) is 4.74 Å². The maximum Gasteiger partial charge on any atom is 0.311 e. The molecule has 146 valence electrons. The fraction of sp³-hybridized carbons (Fsp3) is 0.174. The van der Waals surface area contributed by atoms with Crippen molar-refractivity contribution in [3.05, 3.63) is 82.5 Å². The van der Waals surface area contributed by atoms with Crippen molar-refractivity contribution in [1.82, 2.24) is 9.38 Å². The largest absolute Gasteiger partial charge is 0.466 e. The monoisotopic (exact) mass is 404 g/mol. The van der Waals surface area contributed by atoms with Gasteiger partial charge >= 0.3 is 5.97 Å². The van der Waals surface area contributed by atoms with E-state index in [1.807, 2.05) is 30.3 Å². The van der Waals surface area contributed by atoms with Crippen LogP contribution in [0.2, 0.25) is 0 Å². The average Bonchev–Trinajstić information content (AvgIpc) is 3.26. The summed E-state index contributed by atoms with van der Waals surface area (Å²) in [6, 6.07) is 18.4. The summed E-state index contributed by atoms with van der Waals surface area (Å²) in [6.45, 7) is 2.13. The van der Waals surface area contributed by atoms with E-state index in [0.29, 0.717) is 23.0 Å². The molecule has 0 aliphatic rings. The number of aldehydes is 1. The van der Waals surface area contributed by atoms with Gasteiger partial charge in [-0.25, -0.2) is 4.98 Å². The van der Waals surface area contributed by atoms with Gasteiger partial charge in [-0.05, 0) is 24.5 Å². The summed E-state index contributed by atoms with van der Waals surface area (Å²) >= 11 is 1.39. The van der Waals surface area contributed by atoms with Gasteiger partial charge in [-0.2, -0.15) is 0 Å². The maximum atomic E-state index is 11.8. The Balaban J connectivity index is 1.59. The predicted octanol–water partition coefficient (Wildman–Crippen LogP) is 4.57. The molecule has 0 radical (unpaired) electrons. The molecule has 4 rings (SSSR count). The van der Waals surface area contributed by atoms with Gasteiger partial charge in [0.05, 0.1) is 13.0 Å². The third kappa shape index (κ3) is 4.12. The summed E-state index contributed by atoms with van der Waals surface area (Å²) in [6.07, 6.45) is 3.65. The zero-order valence-corrected chi connectivity index (χ0v) is 16.8. The van der Waals surface area contributed by atoms with E-state index >= 15 is 0 Å². The first-order valence-corrected chi connectivity index (χ1v) is 10.2. The molecule has 0 amide bonds. The quantitative estimate of drug-likeness (QED) is 0.334. The molecule has 0 unspecified atom stereocenters. The number of nitrogens with zero attached hydrogens (tertiary/aromatic N) is 2. The molecule has 0 aliphatic heterocycles. The highest BCUT2D eigenvalue weighted by atomic mass is 32.1. The van der Waals surface area contributed by atoms with Crippen LogP contribution in [0.4, 0.5) is 0 Å². The second-order valence-corrected chi connectivity index (χ2v) is 7.75. The molecule has 0 atom stereocenters. The number of benzene rings is 2. The van der Waals surface area contributed by atoms with Crippen molar-refractivity contribution in [2.24, 2.45) is 0 Å². The highest BCUT2D eigenvalue weighted by Gasteiger charge is 2.17. The van der Waals surface area contributed by atoms with Crippen LogP contribution in [0.15, 0.2) is 60.8 Å². The second-order valence-electron chi connectivity index (χ2n) is 6.65. The Morgan fingerprint density at radius 3 is 2.52 bits per heavy atom. The standard InChI is InChI=1S/C23H20N2O3S/c1-2-28-21(27)13-19-14-25-20(15-26)22(24-23(25)29-19)18-10-8-17(9-11-18)12-16-6-4-3-5-7-16/h3-11,14-15H,2,12-13H2,1H3. The summed E-state index contributed by atoms with van der Waals surface area (Å²) in [7, 11) is 0. The highest BCUT2D eigenvalue weighted by Crippen LogP contribution is 2.28. The molecular weight excluding hydrogens is 384 g/mol. The molecule has 29 heavy (non-hydrogen) atoms. The first-order valence-electron chi connectivity index (χ1n) is 9.42. The number of imidazole rings is 1. The van der Waals surface area contributed by atoms with Crippen LogP contribution >= 0.6 is 11.3 Å². The Bertz CT molecular complexity index is 1140. The van der Waals surface area contributed by atoms with Gasteiger partial charge in [-0.1, -0.05) is 54.6 Å². The van der Waals surface area contributed by atoms with Crippen molar-refractivity contribution in [2.45, 2.75) is 19.8 Å². The number of rotatable bonds is 7. The molecule has 0 saturated carbocycles. The third-order valence-corrected chi connectivity index (χ3v) is 5.61. The van der Waals surface area contributed by atoms with E-state index in [1.54, 1.807) is 17.5 Å². The Labute approximate surface area is 172 Å². The first-order chi connectivity index (χ1) is 14.2. The number of hydrogen-bond acceptors (Lipinski definition) is 5. The van der Waals surface area contributed by atoms with E-state index in [9.17, 15) is 9.59 Å². The summed E-state index contributed by atoms with van der Waals surface area (Å²) in [5.74, 6) is -0.279. The Kier molecular flexibility index (Phi) is 5.53. The maximum absolute atomic E-state index is 11.8. The lowest BCUT2D eigenvalue weighted by Gasteiger charge is -2.04. The summed E-state index contributed by atoms with van der Waals surface area (Å²) < 4.78 is 6.74. The van der Waals surface area contributed by atoms with E-state index in [0.717, 1.165) is 23.1 Å². The van der Waals surface area contributed by atoms with Gasteiger partial charge in [0.25, 0.3) is 0 Å². The lowest BCUT2D eigenvalue weighted by molar-refractivity contribution is -0.142. The number of thiazole rings is 1. The van der Waals surface area contributed by atoms with Gasteiger partial charge in [0.1, 0.15) is 11.4 Å². The van der Waals surface area contributed by atoms with Crippen LogP contribution in [-0.4, -0.2) is 28.2 Å². The minimum absolute atomic E-state index is 0.184. The molecule has 4 aromatic rings. The number of carbonyl (C=O) groups is 2. The van der Waals surface area contributed by atoms with Crippen molar-refractivity contribution < 1.29 is 14.3 Å². The van der Waals surface area contributed by atoms with Crippen molar-refractivity contribution in [3.8, 4) is 11.3 Å². The second kappa shape index (κ2) is 8.41. The fourth-order valence-electron chi connectivity index (χ4n) is 3.28. The van der Waals surface area contributed by atoms with Crippen LogP contribution in [0.5, 0.6) is 0 Å². The summed E-state index contributed by atoms with van der Waals surface area (Å²) in [5.41, 5.74) is 4.49. The molecule has 5 nitrogen and oxygen atoms in total. The third-order valence-electron chi connectivity index (χ3n) is 4.63. The molecular formula is C23H20N2O3S. The molecule has 0 bridgehead atoms. The molecule has 0 saturated heterocycles. The zero-order chi connectivity index (χ0) is 20.2. The molecule has 0 fully saturated rings. The van der Waals surface area contributed by atoms with Crippen molar-refractivity contribution in [3.63, 3.8) is 0 Å². The topological polar surface area (TPSA) is 60.7 Å². The van der Waals surface area contributed by atoms with Crippen LogP contribution < -0.4 is 0 Å². The van der Waals surface area contributed by atoms with E-state index in [1.165, 1.54) is 22.5 Å². The van der Waals surface area contributed by atoms with E-state index < -0.39 is 0 Å². The molecule has 0 N–H and O–H groups in total. The first kappa shape index (κ1) is 19.1. The van der Waals surface area contributed by atoms with Gasteiger partial charge < -0.3 is 4.74 Å². The zero-order valence-electron chi connectivity index (χ0n) is 16.0. The smallest absolute Gasteiger partial charge is 0.311 e. The van der Waals surface area contributed by atoms with Crippen LogP contribution in [0, 0.1) is 0 Å². The number of esters is 1. The number of ether oxygens (including phenoxy) is 1. The average molecular weight is 404 g/mol. The predicted molar refractivity (Wildman–Crippen MR) is 113 cm³/mol. The minimum Gasteiger partial charge on any atom is -0.466 e. The molecule has 0 spiro atoms. The van der Waals surface area contributed by atoms with Crippen molar-refractivity contribution >= 4 is 28.6 Å². The van der Waals surface area contributed by atoms with Crippen LogP contribution in [-0.2, 0) is 22.4 Å². The molecule has 2 aromatic carbocycles. The number of aromatic nitrogens is 2. The SMILES string of the molecule is CCOC(=O)Cc1cn2c(C=O)c(-c3ccc(Cc4ccccc4)cc3)nc2s1. The van der Waals surface area contributed by atoms with Crippen LogP contribution in [0.1, 0.15) is 33.4 Å². The van der Waals surface area contributed by atoms with Crippen molar-refractivity contribution in [2.75, 3.05) is 6.61 Å². The van der Waals surface area contributed by atoms with Crippen LogP contribution in [0.3, 0.4) is 0 Å². The molecule has 6 heteroatoms. The normalized spacial score (nSPS) is 10.9. The van der Waals surface area contributed by atoms with Gasteiger partial charge in [0.15, 0.2) is 11.2 Å². The highest BCUT2D eigenvalue weighted by molar-refractivity contribution is 7.17. The Morgan fingerprint density at radius 2 is 1.83 bits per heavy atom. The lowest BCUT2D eigenvalue weighted by atomic mass is 10.0. The van der Waals surface area contributed by atoms with E-state index in [-0.39, 0.29) is 12.4 Å². The fourth-order valence-corrected chi connectivity index (χ4v) is 4.25. The van der Waals surface area contributed by atoms with Gasteiger partial charge in [-0.3, -0.25) is 14.0 Å². The lowest BCUT2D eigenvalue weighted by Crippen LogP contribution is -2.06. The number of fused-ring (bicyclic) bond motifs is 1. The van der Waals surface area contributed by atoms with Crippen LogP contribution in [0.25, 0.3) is 16.2 Å². The number of carbonyl (C=O) groups excluding carboxylic acids is 2. The Morgan fingerprint density at radius 1 is 1.10 bits per heavy atom. The van der Waals surface area contributed by atoms with Crippen molar-refractivity contribution in [1.29, 1.82) is 0 Å². The Hall–Kier alpha value is -3.25. The molecule has 2 heterocycles. The van der Waals surface area contributed by atoms with E-state index in [2.05, 4.69) is 29.2 Å². The summed E-state index contributed by atoms with van der Waals surface area (Å²) in [4.78, 5) is 29.6. The van der Waals surface area contributed by atoms with Gasteiger partial charge in [0.2, 0.25) is 0 Å². The van der Waals surface area contributed by atoms with Gasteiger partial charge in [0, 0.05) is 16.6 Å². The number of hydrogen-bond donors (Lipinski definition) is 0.